The summed E-state index contributed by atoms with van der Waals surface area (Å²) in [6.07, 6.45) is 9.11. The van der Waals surface area contributed by atoms with Crippen LogP contribution in [0.2, 0.25) is 0 Å². The molecule has 3 heterocycles. The lowest BCUT2D eigenvalue weighted by atomic mass is 10.1. The highest BCUT2D eigenvalue weighted by Gasteiger charge is 2.28. The molecular weight excluding hydrogens is 717 g/mol. The summed E-state index contributed by atoms with van der Waals surface area (Å²) in [5, 5.41) is 14.1. The highest BCUT2D eigenvalue weighted by Crippen LogP contribution is 2.20. The lowest BCUT2D eigenvalue weighted by molar-refractivity contribution is -0.140. The van der Waals surface area contributed by atoms with Crippen molar-refractivity contribution in [3.05, 3.63) is 102 Å². The second-order valence-electron chi connectivity index (χ2n) is 13.3. The van der Waals surface area contributed by atoms with Crippen molar-refractivity contribution in [2.45, 2.75) is 38.3 Å². The summed E-state index contributed by atoms with van der Waals surface area (Å²) < 4.78 is 0. The number of carbonyl (C=O) groups is 4. The molecule has 292 valence electrons. The maximum atomic E-state index is 14.3. The summed E-state index contributed by atoms with van der Waals surface area (Å²) in [5.74, 6) is -0.965. The number of benzene rings is 2. The number of para-hydroxylation sites is 2. The Balaban J connectivity index is 1.31. The van der Waals surface area contributed by atoms with Crippen molar-refractivity contribution in [1.29, 1.82) is 0 Å². The smallest absolute Gasteiger partial charge is 0.245 e. The Morgan fingerprint density at radius 1 is 0.800 bits per heavy atom. The lowest BCUT2D eigenvalue weighted by Gasteiger charge is -2.29. The Labute approximate surface area is 326 Å². The molecule has 2 aromatic carbocycles. The molecule has 14 nitrogen and oxygen atoms in total. The lowest BCUT2D eigenvalue weighted by Crippen LogP contribution is -2.54. The van der Waals surface area contributed by atoms with Crippen LogP contribution >= 0.6 is 12.6 Å². The third-order valence-corrected chi connectivity index (χ3v) is 9.59. The first-order valence-corrected chi connectivity index (χ1v) is 19.3. The number of hydrogen-bond donors (Lipinski definition) is 8. The number of hydrogen-bond acceptors (Lipinski definition) is 9. The summed E-state index contributed by atoms with van der Waals surface area (Å²) in [6, 6.07) is 18.7. The molecule has 0 bridgehead atoms. The number of aromatic amines is 2. The molecule has 15 heteroatoms. The molecule has 0 aliphatic rings. The van der Waals surface area contributed by atoms with Crippen molar-refractivity contribution < 1.29 is 19.2 Å². The van der Waals surface area contributed by atoms with Gasteiger partial charge in [-0.05, 0) is 67.1 Å². The van der Waals surface area contributed by atoms with Gasteiger partial charge in [-0.2, -0.15) is 12.6 Å². The van der Waals surface area contributed by atoms with E-state index in [1.165, 1.54) is 9.80 Å². The number of nitrogens with zero attached hydrogens (tertiary/aromatic N) is 3. The summed E-state index contributed by atoms with van der Waals surface area (Å²) in [6.45, 7) is 1.71. The summed E-state index contributed by atoms with van der Waals surface area (Å²) in [7, 11) is 0. The second-order valence-corrected chi connectivity index (χ2v) is 13.7. The van der Waals surface area contributed by atoms with Crippen molar-refractivity contribution in [1.82, 2.24) is 46.0 Å². The zero-order valence-electron chi connectivity index (χ0n) is 31.1. The van der Waals surface area contributed by atoms with Crippen LogP contribution in [0.5, 0.6) is 0 Å². The molecule has 8 N–H and O–H groups in total. The third kappa shape index (κ3) is 12.4. The van der Waals surface area contributed by atoms with Crippen LogP contribution < -0.4 is 27.0 Å². The quantitative estimate of drug-likeness (QED) is 0.0281. The molecule has 1 unspecified atom stereocenters. The number of nitrogens with two attached hydrogens (primary N) is 1. The number of pyridine rings is 1. The molecular formula is C40H52N10O4S. The van der Waals surface area contributed by atoms with Gasteiger partial charge in [0.15, 0.2) is 0 Å². The van der Waals surface area contributed by atoms with Crippen LogP contribution in [0.3, 0.4) is 0 Å². The Morgan fingerprint density at radius 2 is 1.45 bits per heavy atom. The molecule has 5 aromatic rings. The molecule has 0 aliphatic carbocycles. The molecule has 55 heavy (non-hydrogen) atoms. The Morgan fingerprint density at radius 3 is 2.09 bits per heavy atom. The summed E-state index contributed by atoms with van der Waals surface area (Å²) in [5.41, 5.74) is 10.6. The number of aromatic nitrogens is 3. The highest BCUT2D eigenvalue weighted by molar-refractivity contribution is 7.80. The van der Waals surface area contributed by atoms with E-state index in [2.05, 4.69) is 48.8 Å². The normalized spacial score (nSPS) is 11.7. The molecule has 3 aromatic heterocycles. The fourth-order valence-electron chi connectivity index (χ4n) is 6.52. The number of rotatable bonds is 23. The number of carbonyl (C=O) groups excluding carboxylic acids is 4. The van der Waals surface area contributed by atoms with Crippen molar-refractivity contribution in [2.24, 2.45) is 5.73 Å². The minimum Gasteiger partial charge on any atom is -0.361 e. The number of fused-ring (bicyclic) bond motifs is 2. The first-order chi connectivity index (χ1) is 26.9. The van der Waals surface area contributed by atoms with Crippen molar-refractivity contribution in [3.63, 3.8) is 0 Å². The fraction of sp³-hybridized carbons (Fsp3) is 0.375. The van der Waals surface area contributed by atoms with Crippen LogP contribution in [0, 0.1) is 0 Å². The number of H-pyrrole nitrogens is 2. The topological polar surface area (TPSA) is 193 Å². The van der Waals surface area contributed by atoms with Crippen LogP contribution in [-0.2, 0) is 38.6 Å². The maximum Gasteiger partial charge on any atom is 0.245 e. The molecule has 0 spiro atoms. The van der Waals surface area contributed by atoms with Crippen LogP contribution in [-0.4, -0.2) is 113 Å². The predicted molar refractivity (Wildman–Crippen MR) is 218 cm³/mol. The maximum absolute atomic E-state index is 14.3. The standard InChI is InChI=1S/C40H52N10O4S/c41-28-43-16-6-12-36(40(54)50(26-37(51)45-17-20-55)19-14-31-24-47-35-11-4-2-9-33(31)35)48-38(52)27-49(39(53)25-44-22-29-7-5-15-42-21-29)18-13-30-23-46-34-10-3-1-8-32(30)34/h1-5,7-11,15,21,23-24,36,43-44,46-47,55H,6,12-14,16-20,22,25-28,41H2,(H,45,51)(H,48,52). The van der Waals surface area contributed by atoms with Gasteiger partial charge in [-0.3, -0.25) is 24.2 Å². The van der Waals surface area contributed by atoms with Gasteiger partial charge in [-0.1, -0.05) is 42.5 Å². The van der Waals surface area contributed by atoms with Crippen LogP contribution in [0.4, 0.5) is 0 Å². The van der Waals surface area contributed by atoms with Gasteiger partial charge in [0.1, 0.15) is 6.04 Å². The number of thiol groups is 1. The van der Waals surface area contributed by atoms with Gasteiger partial charge < -0.3 is 46.8 Å². The number of amides is 4. The van der Waals surface area contributed by atoms with Gasteiger partial charge in [0.25, 0.3) is 0 Å². The van der Waals surface area contributed by atoms with E-state index in [4.69, 9.17) is 5.73 Å². The second kappa shape index (κ2) is 21.6. The molecule has 0 saturated heterocycles. The van der Waals surface area contributed by atoms with E-state index in [0.29, 0.717) is 51.1 Å². The van der Waals surface area contributed by atoms with Gasteiger partial charge in [-0.25, -0.2) is 0 Å². The van der Waals surface area contributed by atoms with Crippen molar-refractivity contribution in [3.8, 4) is 0 Å². The number of nitrogens with one attached hydrogen (secondary N) is 6. The average Bonchev–Trinajstić information content (AvgIpc) is 3.82. The first kappa shape index (κ1) is 41.0. The summed E-state index contributed by atoms with van der Waals surface area (Å²) in [4.78, 5) is 68.5. The fourth-order valence-corrected chi connectivity index (χ4v) is 6.64. The minimum atomic E-state index is -0.943. The molecule has 1 atom stereocenters. The Kier molecular flexibility index (Phi) is 16.1. The van der Waals surface area contributed by atoms with E-state index >= 15 is 0 Å². The molecule has 0 aliphatic heterocycles. The molecule has 0 radical (unpaired) electrons. The minimum absolute atomic E-state index is 0.00614. The Bertz CT molecular complexity index is 1980. The van der Waals surface area contributed by atoms with Crippen molar-refractivity contribution in [2.75, 3.05) is 58.2 Å². The van der Waals surface area contributed by atoms with Crippen LogP contribution in [0.1, 0.15) is 29.5 Å². The van der Waals surface area contributed by atoms with E-state index in [-0.39, 0.29) is 57.1 Å². The van der Waals surface area contributed by atoms with Gasteiger partial charge >= 0.3 is 0 Å². The monoisotopic (exact) mass is 768 g/mol. The zero-order valence-corrected chi connectivity index (χ0v) is 32.0. The largest absolute Gasteiger partial charge is 0.361 e. The molecule has 0 fully saturated rings. The van der Waals surface area contributed by atoms with Crippen molar-refractivity contribution >= 4 is 58.1 Å². The van der Waals surface area contributed by atoms with Gasteiger partial charge in [0, 0.05) is 85.2 Å². The van der Waals surface area contributed by atoms with E-state index in [0.717, 1.165) is 38.5 Å². The van der Waals surface area contributed by atoms with E-state index in [9.17, 15) is 19.2 Å². The van der Waals surface area contributed by atoms with E-state index in [1.807, 2.05) is 73.1 Å². The molecule has 5 rings (SSSR count). The van der Waals surface area contributed by atoms with E-state index < -0.39 is 11.9 Å². The SMILES string of the molecule is NCNCCCC(NC(=O)CN(CCc1c[nH]c2ccccc12)C(=O)CNCc1cccnc1)C(=O)N(CCc1c[nH]c2ccccc12)CC(=O)NCCS. The van der Waals surface area contributed by atoms with Gasteiger partial charge in [0.05, 0.1) is 19.6 Å². The van der Waals surface area contributed by atoms with Gasteiger partial charge in [-0.15, -0.1) is 0 Å². The summed E-state index contributed by atoms with van der Waals surface area (Å²) >= 11 is 4.20. The third-order valence-electron chi connectivity index (χ3n) is 9.37. The Hall–Kier alpha value is -5.22. The molecule has 0 saturated carbocycles. The highest BCUT2D eigenvalue weighted by atomic mass is 32.1. The van der Waals surface area contributed by atoms with E-state index in [1.54, 1.807) is 12.4 Å². The van der Waals surface area contributed by atoms with Crippen LogP contribution in [0.25, 0.3) is 21.8 Å². The van der Waals surface area contributed by atoms with Crippen LogP contribution in [0.15, 0.2) is 85.5 Å². The predicted octanol–water partition coefficient (Wildman–Crippen LogP) is 2.09. The molecule has 4 amide bonds. The first-order valence-electron chi connectivity index (χ1n) is 18.7. The average molecular weight is 769 g/mol. The zero-order chi connectivity index (χ0) is 38.8. The van der Waals surface area contributed by atoms with Gasteiger partial charge in [0.2, 0.25) is 23.6 Å².